The summed E-state index contributed by atoms with van der Waals surface area (Å²) in [5.41, 5.74) is 19.6. The highest BCUT2D eigenvalue weighted by atomic mass is 16.3. The molecular weight excluding hydrogens is 841 g/mol. The minimum absolute atomic E-state index is 0.283. The maximum Gasteiger partial charge on any atom is 0.164 e. The normalized spacial score (nSPS) is 16.6. The van der Waals surface area contributed by atoms with Gasteiger partial charge >= 0.3 is 0 Å². The van der Waals surface area contributed by atoms with Crippen LogP contribution in [0.5, 0.6) is 0 Å². The molecule has 0 aliphatic heterocycles. The van der Waals surface area contributed by atoms with Crippen molar-refractivity contribution in [1.29, 1.82) is 0 Å². The van der Waals surface area contributed by atoms with Crippen LogP contribution in [0.3, 0.4) is 0 Å². The number of hydrogen-bond donors (Lipinski definition) is 0. The fourth-order valence-corrected chi connectivity index (χ4v) is 12.2. The Balaban J connectivity index is 0.887. The third-order valence-corrected chi connectivity index (χ3v) is 15.1. The van der Waals surface area contributed by atoms with Crippen molar-refractivity contribution in [3.05, 3.63) is 247 Å². The average Bonchev–Trinajstić information content (AvgIpc) is 4.14. The molecule has 0 fully saturated rings. The molecule has 5 heteroatoms. The molecule has 15 rings (SSSR count). The van der Waals surface area contributed by atoms with Crippen LogP contribution < -0.4 is 0 Å². The van der Waals surface area contributed by atoms with Crippen LogP contribution in [0.15, 0.2) is 229 Å². The minimum Gasteiger partial charge on any atom is -0.456 e. The zero-order valence-corrected chi connectivity index (χ0v) is 37.3. The van der Waals surface area contributed by atoms with Gasteiger partial charge in [-0.1, -0.05) is 176 Å². The summed E-state index contributed by atoms with van der Waals surface area (Å²) in [7, 11) is 0. The van der Waals surface area contributed by atoms with Crippen LogP contribution in [0, 0.1) is 5.92 Å². The van der Waals surface area contributed by atoms with Gasteiger partial charge in [0.05, 0.1) is 16.4 Å². The second-order valence-electron chi connectivity index (χ2n) is 18.6. The lowest BCUT2D eigenvalue weighted by Gasteiger charge is -2.36. The molecule has 3 aliphatic carbocycles. The molecule has 0 radical (unpaired) electrons. The van der Waals surface area contributed by atoms with Crippen LogP contribution in [0.2, 0.25) is 0 Å². The molecule has 69 heavy (non-hydrogen) atoms. The Labute approximate surface area is 398 Å². The molecule has 0 N–H and O–H groups in total. The van der Waals surface area contributed by atoms with Crippen LogP contribution in [0.25, 0.3) is 111 Å². The van der Waals surface area contributed by atoms with Crippen molar-refractivity contribution in [2.45, 2.75) is 11.8 Å². The second kappa shape index (κ2) is 14.5. The Morgan fingerprint density at radius 2 is 1.06 bits per heavy atom. The van der Waals surface area contributed by atoms with E-state index in [9.17, 15) is 0 Å². The summed E-state index contributed by atoms with van der Waals surface area (Å²) in [5, 5.41) is 4.42. The summed E-state index contributed by atoms with van der Waals surface area (Å²) < 4.78 is 9.05. The predicted molar refractivity (Wildman–Crippen MR) is 280 cm³/mol. The molecule has 5 nitrogen and oxygen atoms in total. The SMILES string of the molecule is C1=CCC2C(=C1)c1ccccc1C21c2ccccc2-c2ccc(-n3c4ccccc4c4cc(-c5ccc6oc7cccc(-c8nc(-c9ccccc9)nc(-c9ccccc9)n8)c7c6c5)ccc43)cc21. The molecule has 0 amide bonds. The molecule has 3 aromatic heterocycles. The van der Waals surface area contributed by atoms with Gasteiger partial charge in [0, 0.05) is 49.8 Å². The number of benzene rings is 9. The lowest BCUT2D eigenvalue weighted by atomic mass is 9.65. The van der Waals surface area contributed by atoms with Crippen LogP contribution in [0.1, 0.15) is 28.7 Å². The van der Waals surface area contributed by atoms with Crippen LogP contribution >= 0.6 is 0 Å². The van der Waals surface area contributed by atoms with Gasteiger partial charge in [0.25, 0.3) is 0 Å². The Morgan fingerprint density at radius 3 is 1.86 bits per heavy atom. The number of nitrogens with zero attached hydrogens (tertiary/aromatic N) is 4. The fraction of sp³-hybridized carbons (Fsp3) is 0.0469. The summed E-state index contributed by atoms with van der Waals surface area (Å²) in [6.07, 6.45) is 7.97. The van der Waals surface area contributed by atoms with Crippen molar-refractivity contribution >= 4 is 49.3 Å². The van der Waals surface area contributed by atoms with E-state index >= 15 is 0 Å². The predicted octanol–water partition coefficient (Wildman–Crippen LogP) is 15.8. The van der Waals surface area contributed by atoms with Gasteiger partial charge in [0.2, 0.25) is 0 Å². The number of furan rings is 1. The first-order chi connectivity index (χ1) is 34.2. The number of rotatable bonds is 5. The highest BCUT2D eigenvalue weighted by Gasteiger charge is 2.56. The summed E-state index contributed by atoms with van der Waals surface area (Å²) in [4.78, 5) is 15.2. The molecule has 322 valence electrons. The number of fused-ring (bicyclic) bond motifs is 16. The van der Waals surface area contributed by atoms with Crippen molar-refractivity contribution in [2.75, 3.05) is 0 Å². The Hall–Kier alpha value is -8.93. The average molecular weight is 881 g/mol. The van der Waals surface area contributed by atoms with Crippen LogP contribution in [-0.4, -0.2) is 19.5 Å². The van der Waals surface area contributed by atoms with Gasteiger partial charge in [-0.2, -0.15) is 0 Å². The van der Waals surface area contributed by atoms with Gasteiger partial charge in [-0.05, 0) is 105 Å². The Bertz CT molecular complexity index is 4120. The summed E-state index contributed by atoms with van der Waals surface area (Å²) >= 11 is 0. The third-order valence-electron chi connectivity index (χ3n) is 15.1. The van der Waals surface area contributed by atoms with Crippen LogP contribution in [0.4, 0.5) is 0 Å². The zero-order chi connectivity index (χ0) is 45.2. The molecule has 2 atom stereocenters. The molecule has 1 spiro atoms. The van der Waals surface area contributed by atoms with Crippen molar-refractivity contribution in [3.63, 3.8) is 0 Å². The smallest absolute Gasteiger partial charge is 0.164 e. The van der Waals surface area contributed by atoms with Gasteiger partial charge in [-0.15, -0.1) is 0 Å². The van der Waals surface area contributed by atoms with Gasteiger partial charge in [0.15, 0.2) is 17.5 Å². The van der Waals surface area contributed by atoms with Crippen molar-refractivity contribution in [2.24, 2.45) is 5.92 Å². The van der Waals surface area contributed by atoms with E-state index in [1.54, 1.807) is 0 Å². The third kappa shape index (κ3) is 5.44. The molecule has 12 aromatic rings. The number of hydrogen-bond acceptors (Lipinski definition) is 4. The van der Waals surface area contributed by atoms with E-state index in [-0.39, 0.29) is 5.41 Å². The van der Waals surface area contributed by atoms with Gasteiger partial charge < -0.3 is 8.98 Å². The van der Waals surface area contributed by atoms with E-state index in [2.05, 4.69) is 156 Å². The molecule has 0 bridgehead atoms. The van der Waals surface area contributed by atoms with E-state index < -0.39 is 0 Å². The molecule has 3 aliphatic rings. The molecule has 2 unspecified atom stereocenters. The highest BCUT2D eigenvalue weighted by molar-refractivity contribution is 6.14. The van der Waals surface area contributed by atoms with E-state index in [4.69, 9.17) is 19.4 Å². The highest BCUT2D eigenvalue weighted by Crippen LogP contribution is 2.65. The van der Waals surface area contributed by atoms with Gasteiger partial charge in [0.1, 0.15) is 11.2 Å². The molecule has 9 aromatic carbocycles. The number of allylic oxidation sites excluding steroid dienone is 4. The van der Waals surface area contributed by atoms with E-state index in [1.807, 2.05) is 72.8 Å². The molecule has 0 saturated heterocycles. The lowest BCUT2D eigenvalue weighted by Crippen LogP contribution is -2.32. The quantitative estimate of drug-likeness (QED) is 0.173. The van der Waals surface area contributed by atoms with Gasteiger partial charge in [-0.3, -0.25) is 0 Å². The maximum absolute atomic E-state index is 6.57. The van der Waals surface area contributed by atoms with Crippen molar-refractivity contribution in [3.8, 4) is 62.1 Å². The number of aromatic nitrogens is 4. The molecule has 0 saturated carbocycles. The topological polar surface area (TPSA) is 56.7 Å². The summed E-state index contributed by atoms with van der Waals surface area (Å²) in [6, 6.07) is 74.2. The summed E-state index contributed by atoms with van der Waals surface area (Å²) in [5.74, 6) is 2.16. The van der Waals surface area contributed by atoms with Crippen molar-refractivity contribution < 1.29 is 4.42 Å². The van der Waals surface area contributed by atoms with E-state index in [0.29, 0.717) is 23.4 Å². The van der Waals surface area contributed by atoms with E-state index in [0.717, 1.165) is 56.2 Å². The summed E-state index contributed by atoms with van der Waals surface area (Å²) in [6.45, 7) is 0. The first-order valence-electron chi connectivity index (χ1n) is 23.8. The minimum atomic E-state index is -0.283. The number of para-hydroxylation sites is 1. The Morgan fingerprint density at radius 1 is 0.435 bits per heavy atom. The first kappa shape index (κ1) is 38.2. The molecular formula is C64H40N4O. The second-order valence-corrected chi connectivity index (χ2v) is 18.6. The van der Waals surface area contributed by atoms with Crippen LogP contribution in [-0.2, 0) is 5.41 Å². The molecule has 3 heterocycles. The maximum atomic E-state index is 6.57. The van der Waals surface area contributed by atoms with Crippen molar-refractivity contribution in [1.82, 2.24) is 19.5 Å². The largest absolute Gasteiger partial charge is 0.456 e. The van der Waals surface area contributed by atoms with Gasteiger partial charge in [-0.25, -0.2) is 15.0 Å². The zero-order valence-electron chi connectivity index (χ0n) is 37.3. The van der Waals surface area contributed by atoms with E-state index in [1.165, 1.54) is 66.4 Å². The monoisotopic (exact) mass is 880 g/mol. The fourth-order valence-electron chi connectivity index (χ4n) is 12.2. The lowest BCUT2D eigenvalue weighted by molar-refractivity contribution is 0.494. The Kier molecular flexibility index (Phi) is 8.05. The standard InChI is InChI=1S/C64H40N4O/c1-3-16-39(17-4-1)61-65-62(40-18-5-2-6-19-40)67-63(66-61)49-24-15-29-59-60(49)51-37-42(31-35-58(51)69-59)41-30-34-57-50(36-41)48-23-10-14-28-56(48)68(57)43-32-33-47-46-22-9-13-27-54(46)64(55(47)38-43)52-25-11-7-20-44(52)45-21-8-12-26-53(45)64/h1-25,27-38,53H,26H2. The first-order valence-corrected chi connectivity index (χ1v) is 23.8.